The first kappa shape index (κ1) is 16.1. The first-order chi connectivity index (χ1) is 11.6. The summed E-state index contributed by atoms with van der Waals surface area (Å²) >= 11 is 0. The third-order valence-electron chi connectivity index (χ3n) is 4.33. The van der Waals surface area contributed by atoms with Crippen LogP contribution in [0.5, 0.6) is 11.5 Å². The highest BCUT2D eigenvalue weighted by molar-refractivity contribution is 6.06. The number of fused-ring (bicyclic) bond motifs is 1. The molecule has 3 rings (SSSR count). The first-order valence-corrected chi connectivity index (χ1v) is 7.94. The molecule has 0 bridgehead atoms. The highest BCUT2D eigenvalue weighted by Gasteiger charge is 2.23. The lowest BCUT2D eigenvalue weighted by molar-refractivity contribution is -0.114. The lowest BCUT2D eigenvalue weighted by Gasteiger charge is -2.16. The van der Waals surface area contributed by atoms with Gasteiger partial charge in [0.25, 0.3) is 5.91 Å². The molecular weight excluding hydrogens is 302 g/mol. The highest BCUT2D eigenvalue weighted by Crippen LogP contribution is 2.31. The Labute approximate surface area is 142 Å². The smallest absolute Gasteiger partial charge is 0.251 e. The average molecular weight is 323 g/mol. The van der Waals surface area contributed by atoms with Crippen LogP contribution in [-0.4, -0.2) is 26.7 Å². The zero-order valence-electron chi connectivity index (χ0n) is 14.2. The molecule has 0 radical (unpaired) electrons. The van der Waals surface area contributed by atoms with E-state index in [4.69, 9.17) is 9.47 Å². The molecule has 0 saturated carbocycles. The molecule has 0 N–H and O–H groups in total. The van der Waals surface area contributed by atoms with Crippen molar-refractivity contribution < 1.29 is 14.3 Å². The van der Waals surface area contributed by atoms with Crippen molar-refractivity contribution in [2.75, 3.05) is 25.7 Å². The van der Waals surface area contributed by atoms with Crippen molar-refractivity contribution in [3.8, 4) is 11.5 Å². The molecule has 1 aliphatic heterocycles. The van der Waals surface area contributed by atoms with Crippen LogP contribution in [0, 0.1) is 0 Å². The van der Waals surface area contributed by atoms with Crippen LogP contribution in [0.1, 0.15) is 18.1 Å². The molecule has 2 aromatic rings. The minimum atomic E-state index is -0.00433. The minimum absolute atomic E-state index is 0.00433. The molecule has 124 valence electrons. The van der Waals surface area contributed by atoms with Gasteiger partial charge in [0.15, 0.2) is 0 Å². The number of hydrogen-bond acceptors (Lipinski definition) is 3. The maximum atomic E-state index is 12.7. The Kier molecular flexibility index (Phi) is 4.56. The summed E-state index contributed by atoms with van der Waals surface area (Å²) in [7, 11) is 3.23. The van der Waals surface area contributed by atoms with E-state index in [1.54, 1.807) is 20.3 Å². The van der Waals surface area contributed by atoms with E-state index < -0.39 is 0 Å². The fourth-order valence-electron chi connectivity index (χ4n) is 3.03. The number of carbonyl (C=O) groups is 1. The van der Waals surface area contributed by atoms with E-state index in [0.717, 1.165) is 35.5 Å². The third kappa shape index (κ3) is 3.00. The molecule has 2 aromatic carbocycles. The van der Waals surface area contributed by atoms with Gasteiger partial charge in [0.2, 0.25) is 0 Å². The molecule has 4 heteroatoms. The fourth-order valence-corrected chi connectivity index (χ4v) is 3.03. The second-order valence-electron chi connectivity index (χ2n) is 5.76. The van der Waals surface area contributed by atoms with Gasteiger partial charge in [-0.2, -0.15) is 0 Å². The van der Waals surface area contributed by atoms with Gasteiger partial charge in [0, 0.05) is 29.9 Å². The summed E-state index contributed by atoms with van der Waals surface area (Å²) in [6.07, 6.45) is 2.58. The number of allylic oxidation sites excluding steroid dienone is 1. The van der Waals surface area contributed by atoms with Crippen molar-refractivity contribution in [1.29, 1.82) is 0 Å². The SMILES string of the molecule is COc1ccc(/C(C)=C/C(=O)N2CCc3ccccc32)c(OC)c1. The van der Waals surface area contributed by atoms with Gasteiger partial charge in [-0.05, 0) is 42.7 Å². The monoisotopic (exact) mass is 323 g/mol. The summed E-state index contributed by atoms with van der Waals surface area (Å²) in [6, 6.07) is 13.6. The van der Waals surface area contributed by atoms with Crippen LogP contribution in [0.3, 0.4) is 0 Å². The van der Waals surface area contributed by atoms with Crippen LogP contribution < -0.4 is 14.4 Å². The average Bonchev–Trinajstić information content (AvgIpc) is 3.05. The molecule has 0 unspecified atom stereocenters. The molecule has 1 aliphatic rings. The lowest BCUT2D eigenvalue weighted by Crippen LogP contribution is -2.27. The van der Waals surface area contributed by atoms with Gasteiger partial charge < -0.3 is 14.4 Å². The molecule has 0 fully saturated rings. The second-order valence-corrected chi connectivity index (χ2v) is 5.76. The second kappa shape index (κ2) is 6.79. The Balaban J connectivity index is 1.88. The molecular formula is C20H21NO3. The Bertz CT molecular complexity index is 795. The number of anilines is 1. The van der Waals surface area contributed by atoms with Crippen molar-refractivity contribution in [1.82, 2.24) is 0 Å². The summed E-state index contributed by atoms with van der Waals surface area (Å²) in [6.45, 7) is 2.64. The van der Waals surface area contributed by atoms with Crippen LogP contribution in [0.4, 0.5) is 5.69 Å². The van der Waals surface area contributed by atoms with Gasteiger partial charge in [-0.15, -0.1) is 0 Å². The number of para-hydroxylation sites is 1. The Morgan fingerprint density at radius 3 is 2.67 bits per heavy atom. The number of benzene rings is 2. The van der Waals surface area contributed by atoms with E-state index in [0.29, 0.717) is 5.75 Å². The summed E-state index contributed by atoms with van der Waals surface area (Å²) < 4.78 is 10.6. The molecule has 0 aromatic heterocycles. The van der Waals surface area contributed by atoms with Gasteiger partial charge in [-0.3, -0.25) is 4.79 Å². The quantitative estimate of drug-likeness (QED) is 0.805. The molecule has 0 spiro atoms. The van der Waals surface area contributed by atoms with Crippen molar-refractivity contribution in [2.24, 2.45) is 0 Å². The maximum absolute atomic E-state index is 12.7. The standard InChI is InChI=1S/C20H21NO3/c1-14(17-9-8-16(23-2)13-19(17)24-3)12-20(22)21-11-10-15-6-4-5-7-18(15)21/h4-9,12-13H,10-11H2,1-3H3/b14-12+. The van der Waals surface area contributed by atoms with Crippen molar-refractivity contribution in [3.63, 3.8) is 0 Å². The van der Waals surface area contributed by atoms with Crippen LogP contribution in [-0.2, 0) is 11.2 Å². The van der Waals surface area contributed by atoms with E-state index >= 15 is 0 Å². The zero-order valence-corrected chi connectivity index (χ0v) is 14.2. The Hall–Kier alpha value is -2.75. The summed E-state index contributed by atoms with van der Waals surface area (Å²) in [4.78, 5) is 14.5. The fraction of sp³-hybridized carbons (Fsp3) is 0.250. The Morgan fingerprint density at radius 2 is 1.92 bits per heavy atom. The predicted octanol–water partition coefficient (Wildman–Crippen LogP) is 3.70. The topological polar surface area (TPSA) is 38.8 Å². The van der Waals surface area contributed by atoms with Crippen molar-refractivity contribution in [2.45, 2.75) is 13.3 Å². The highest BCUT2D eigenvalue weighted by atomic mass is 16.5. The lowest BCUT2D eigenvalue weighted by atomic mass is 10.1. The molecule has 0 aliphatic carbocycles. The molecule has 0 atom stereocenters. The van der Waals surface area contributed by atoms with Crippen LogP contribution >= 0.6 is 0 Å². The van der Waals surface area contributed by atoms with Crippen LogP contribution in [0.2, 0.25) is 0 Å². The van der Waals surface area contributed by atoms with Crippen LogP contribution in [0.15, 0.2) is 48.5 Å². The maximum Gasteiger partial charge on any atom is 0.251 e. The number of ether oxygens (including phenoxy) is 2. The number of carbonyl (C=O) groups excluding carboxylic acids is 1. The minimum Gasteiger partial charge on any atom is -0.497 e. The van der Waals surface area contributed by atoms with Crippen LogP contribution in [0.25, 0.3) is 5.57 Å². The Morgan fingerprint density at radius 1 is 1.12 bits per heavy atom. The molecule has 1 heterocycles. The molecule has 1 amide bonds. The van der Waals surface area contributed by atoms with E-state index in [-0.39, 0.29) is 5.91 Å². The number of methoxy groups -OCH3 is 2. The van der Waals surface area contributed by atoms with E-state index in [2.05, 4.69) is 6.07 Å². The molecule has 24 heavy (non-hydrogen) atoms. The summed E-state index contributed by atoms with van der Waals surface area (Å²) in [5, 5.41) is 0. The normalized spacial score (nSPS) is 13.6. The van der Waals surface area contributed by atoms with E-state index in [1.165, 1.54) is 5.56 Å². The van der Waals surface area contributed by atoms with Crippen molar-refractivity contribution in [3.05, 3.63) is 59.7 Å². The zero-order chi connectivity index (χ0) is 17.1. The van der Waals surface area contributed by atoms with Crippen molar-refractivity contribution >= 4 is 17.2 Å². The van der Waals surface area contributed by atoms with E-state index in [9.17, 15) is 4.79 Å². The van der Waals surface area contributed by atoms with Gasteiger partial charge in [0.05, 0.1) is 14.2 Å². The third-order valence-corrected chi connectivity index (χ3v) is 4.33. The van der Waals surface area contributed by atoms with E-state index in [1.807, 2.05) is 48.2 Å². The van der Waals surface area contributed by atoms with Gasteiger partial charge in [-0.25, -0.2) is 0 Å². The molecule has 4 nitrogen and oxygen atoms in total. The number of amides is 1. The number of rotatable bonds is 4. The molecule has 0 saturated heterocycles. The summed E-state index contributed by atoms with van der Waals surface area (Å²) in [5.74, 6) is 1.41. The predicted molar refractivity (Wildman–Crippen MR) is 95.7 cm³/mol. The first-order valence-electron chi connectivity index (χ1n) is 7.94. The largest absolute Gasteiger partial charge is 0.497 e. The van der Waals surface area contributed by atoms with Gasteiger partial charge in [-0.1, -0.05) is 18.2 Å². The summed E-state index contributed by atoms with van der Waals surface area (Å²) in [5.41, 5.74) is 3.98. The van der Waals surface area contributed by atoms with Gasteiger partial charge in [0.1, 0.15) is 11.5 Å². The number of nitrogens with zero attached hydrogens (tertiary/aromatic N) is 1. The van der Waals surface area contributed by atoms with Gasteiger partial charge >= 0.3 is 0 Å². The number of hydrogen-bond donors (Lipinski definition) is 0.